The van der Waals surface area contributed by atoms with Gasteiger partial charge in [0.15, 0.2) is 0 Å². The summed E-state index contributed by atoms with van der Waals surface area (Å²) >= 11 is 0. The first-order chi connectivity index (χ1) is 12.2. The minimum absolute atomic E-state index is 0.0868. The first kappa shape index (κ1) is 20.7. The molecule has 0 saturated heterocycles. The summed E-state index contributed by atoms with van der Waals surface area (Å²) in [6.07, 6.45) is 0.509. The summed E-state index contributed by atoms with van der Waals surface area (Å²) in [5.74, 6) is -0.0868. The van der Waals surface area contributed by atoms with E-state index in [0.29, 0.717) is 17.5 Å². The number of benzene rings is 2. The Morgan fingerprint density at radius 2 is 1.27 bits per heavy atom. The van der Waals surface area contributed by atoms with Gasteiger partial charge in [0, 0.05) is 6.42 Å². The molecule has 2 rings (SSSR count). The molecule has 0 aliphatic heterocycles. The predicted molar refractivity (Wildman–Crippen MR) is 117 cm³/mol. The van der Waals surface area contributed by atoms with Crippen molar-refractivity contribution in [3.05, 3.63) is 60.7 Å². The molecule has 0 fully saturated rings. The quantitative estimate of drug-likeness (QED) is 0.517. The molecular weight excluding hydrogens is 352 g/mol. The Morgan fingerprint density at radius 1 is 0.846 bits per heavy atom. The van der Waals surface area contributed by atoms with E-state index in [1.165, 1.54) is 17.5 Å². The van der Waals surface area contributed by atoms with Crippen LogP contribution < -0.4 is 10.4 Å². The van der Waals surface area contributed by atoms with E-state index in [9.17, 15) is 4.79 Å². The first-order valence-corrected chi connectivity index (χ1v) is 15.5. The molecule has 0 aromatic heterocycles. The van der Waals surface area contributed by atoms with Gasteiger partial charge < -0.3 is 4.74 Å². The Kier molecular flexibility index (Phi) is 6.64. The van der Waals surface area contributed by atoms with Gasteiger partial charge >= 0.3 is 5.97 Å². The molecule has 0 aliphatic carbocycles. The van der Waals surface area contributed by atoms with Crippen LogP contribution in [0.5, 0.6) is 0 Å². The van der Waals surface area contributed by atoms with Crippen LogP contribution in [0.3, 0.4) is 0 Å². The second-order valence-electron chi connectivity index (χ2n) is 8.35. The van der Waals surface area contributed by atoms with E-state index in [4.69, 9.17) is 4.74 Å². The van der Waals surface area contributed by atoms with E-state index in [-0.39, 0.29) is 5.97 Å². The van der Waals surface area contributed by atoms with Gasteiger partial charge in [0.25, 0.3) is 0 Å². The van der Waals surface area contributed by atoms with Crippen molar-refractivity contribution < 1.29 is 9.53 Å². The number of rotatable bonds is 7. The molecule has 0 heterocycles. The van der Waals surface area contributed by atoms with Crippen molar-refractivity contribution >= 4 is 32.5 Å². The number of carbonyl (C=O) groups excluding carboxylic acids is 1. The van der Waals surface area contributed by atoms with Gasteiger partial charge in [-0.1, -0.05) is 104 Å². The fourth-order valence-corrected chi connectivity index (χ4v) is 12.6. The highest BCUT2D eigenvalue weighted by Gasteiger charge is 2.45. The van der Waals surface area contributed by atoms with Gasteiger partial charge in [-0.05, 0) is 11.1 Å². The van der Waals surface area contributed by atoms with Crippen molar-refractivity contribution in [1.82, 2.24) is 0 Å². The Hall–Kier alpha value is -1.66. The van der Waals surface area contributed by atoms with Crippen LogP contribution in [0.15, 0.2) is 60.7 Å². The van der Waals surface area contributed by atoms with E-state index in [0.717, 1.165) is 0 Å². The van der Waals surface area contributed by atoms with Crippen molar-refractivity contribution in [2.45, 2.75) is 50.6 Å². The van der Waals surface area contributed by atoms with Gasteiger partial charge in [0.05, 0.1) is 23.3 Å². The van der Waals surface area contributed by atoms with Crippen molar-refractivity contribution in [3.63, 3.8) is 0 Å². The summed E-state index contributed by atoms with van der Waals surface area (Å²) in [7, 11) is -2.10. The molecule has 2 aromatic carbocycles. The third kappa shape index (κ3) is 4.36. The Labute approximate surface area is 160 Å². The van der Waals surface area contributed by atoms with Crippen LogP contribution in [0.1, 0.15) is 13.3 Å². The number of hydrogen-bond acceptors (Lipinski definition) is 2. The minimum atomic E-state index is -1.86. The van der Waals surface area contributed by atoms with E-state index in [1.807, 2.05) is 0 Å². The van der Waals surface area contributed by atoms with Gasteiger partial charge in [0.2, 0.25) is 0 Å². The zero-order valence-corrected chi connectivity index (χ0v) is 19.0. The zero-order chi connectivity index (χ0) is 19.4. The summed E-state index contributed by atoms with van der Waals surface area (Å²) in [5.41, 5.74) is 0.824. The maximum atomic E-state index is 12.3. The number of ether oxygens (including phenoxy) is 1. The summed E-state index contributed by atoms with van der Waals surface area (Å²) in [6, 6.07) is 21.6. The van der Waals surface area contributed by atoms with E-state index >= 15 is 0 Å². The summed E-state index contributed by atoms with van der Waals surface area (Å²) < 4.78 is 5.08. The molecule has 0 spiro atoms. The molecule has 0 aliphatic rings. The molecule has 26 heavy (non-hydrogen) atoms. The van der Waals surface area contributed by atoms with Crippen LogP contribution in [-0.4, -0.2) is 29.2 Å². The van der Waals surface area contributed by atoms with Crippen LogP contribution >= 0.6 is 0 Å². The number of carbonyl (C=O) groups is 1. The predicted octanol–water partition coefficient (Wildman–Crippen LogP) is 4.54. The fourth-order valence-electron chi connectivity index (χ4n) is 4.04. The molecule has 2 atom stereocenters. The highest BCUT2D eigenvalue weighted by Crippen LogP contribution is 2.42. The van der Waals surface area contributed by atoms with Crippen LogP contribution in [0.2, 0.25) is 37.3 Å². The Balaban J connectivity index is 2.45. The lowest BCUT2D eigenvalue weighted by molar-refractivity contribution is -0.140. The normalized spacial score (nSPS) is 14.5. The zero-order valence-electron chi connectivity index (χ0n) is 17.0. The first-order valence-electron chi connectivity index (χ1n) is 9.39. The Bertz CT molecular complexity index is 711. The lowest BCUT2D eigenvalue weighted by Gasteiger charge is -2.43. The molecule has 0 saturated carbocycles. The third-order valence-corrected chi connectivity index (χ3v) is 15.5. The maximum absolute atomic E-state index is 12.3. The third-order valence-electron chi connectivity index (χ3n) is 6.32. The van der Waals surface area contributed by atoms with Gasteiger partial charge in [-0.3, -0.25) is 4.79 Å². The highest BCUT2D eigenvalue weighted by atomic mass is 28.3. The van der Waals surface area contributed by atoms with E-state index in [2.05, 4.69) is 93.8 Å². The smallest absolute Gasteiger partial charge is 0.305 e. The van der Waals surface area contributed by atoms with Crippen LogP contribution in [-0.2, 0) is 9.53 Å². The summed E-state index contributed by atoms with van der Waals surface area (Å²) in [6.45, 7) is 12.0. The molecule has 0 bridgehead atoms. The molecule has 0 radical (unpaired) electrons. The van der Waals surface area contributed by atoms with Crippen molar-refractivity contribution in [3.8, 4) is 0 Å². The van der Waals surface area contributed by atoms with E-state index < -0.39 is 16.1 Å². The molecule has 0 unspecified atom stereocenters. The SMILES string of the molecule is COC(=O)C[C@H]([C@H](C)[Si](C)(C)c1ccccc1)[Si](C)(C)c1ccccc1. The van der Waals surface area contributed by atoms with Gasteiger partial charge in [-0.2, -0.15) is 0 Å². The van der Waals surface area contributed by atoms with Gasteiger partial charge in [-0.25, -0.2) is 0 Å². The molecule has 2 aromatic rings. The number of esters is 1. The lowest BCUT2D eigenvalue weighted by Crippen LogP contribution is -2.55. The largest absolute Gasteiger partial charge is 0.469 e. The Morgan fingerprint density at radius 3 is 1.69 bits per heavy atom. The molecule has 140 valence electrons. The average molecular weight is 385 g/mol. The van der Waals surface area contributed by atoms with Crippen molar-refractivity contribution in [1.29, 1.82) is 0 Å². The van der Waals surface area contributed by atoms with E-state index in [1.54, 1.807) is 0 Å². The molecule has 2 nitrogen and oxygen atoms in total. The van der Waals surface area contributed by atoms with Crippen LogP contribution in [0.25, 0.3) is 0 Å². The fraction of sp³-hybridized carbons (Fsp3) is 0.409. The monoisotopic (exact) mass is 384 g/mol. The maximum Gasteiger partial charge on any atom is 0.305 e. The molecule has 4 heteroatoms. The topological polar surface area (TPSA) is 26.3 Å². The van der Waals surface area contributed by atoms with Crippen LogP contribution in [0, 0.1) is 0 Å². The average Bonchev–Trinajstić information content (AvgIpc) is 2.66. The highest BCUT2D eigenvalue weighted by molar-refractivity contribution is 6.96. The lowest BCUT2D eigenvalue weighted by atomic mass is 10.2. The number of hydrogen-bond donors (Lipinski definition) is 0. The minimum Gasteiger partial charge on any atom is -0.469 e. The second kappa shape index (κ2) is 8.36. The van der Waals surface area contributed by atoms with Crippen molar-refractivity contribution in [2.75, 3.05) is 7.11 Å². The number of methoxy groups -OCH3 is 1. The van der Waals surface area contributed by atoms with Crippen molar-refractivity contribution in [2.24, 2.45) is 0 Å². The van der Waals surface area contributed by atoms with Gasteiger partial charge in [0.1, 0.15) is 0 Å². The standard InChI is InChI=1S/C22H32O2Si2/c1-18(25(3,4)19-13-9-7-10-14-19)21(17-22(23)24-2)26(5,6)20-15-11-8-12-16-20/h7-16,18,21H,17H2,1-6H3/t18-,21+/m0/s1. The molecule has 0 amide bonds. The molecule has 0 N–H and O–H groups in total. The summed E-state index contributed by atoms with van der Waals surface area (Å²) in [5, 5.41) is 2.87. The van der Waals surface area contributed by atoms with Crippen LogP contribution in [0.4, 0.5) is 0 Å². The summed E-state index contributed by atoms with van der Waals surface area (Å²) in [4.78, 5) is 12.3. The molecular formula is C22H32O2Si2. The second-order valence-corrected chi connectivity index (χ2v) is 18.0. The van der Waals surface area contributed by atoms with Gasteiger partial charge in [-0.15, -0.1) is 0 Å².